The van der Waals surface area contributed by atoms with E-state index in [1.807, 2.05) is 25.1 Å². The molecule has 0 aliphatic carbocycles. The van der Waals surface area contributed by atoms with E-state index in [0.717, 1.165) is 18.1 Å². The van der Waals surface area contributed by atoms with Gasteiger partial charge in [0, 0.05) is 26.6 Å². The van der Waals surface area contributed by atoms with E-state index in [2.05, 4.69) is 20.9 Å². The zero-order chi connectivity index (χ0) is 12.7. The van der Waals surface area contributed by atoms with Crippen molar-refractivity contribution in [1.82, 2.24) is 5.23 Å². The van der Waals surface area contributed by atoms with Gasteiger partial charge in [-0.2, -0.15) is 8.78 Å². The Hall–Kier alpha value is 0.328. The molecule has 0 aliphatic heterocycles. The number of hydrogen-bond acceptors (Lipinski definition) is 4. The van der Waals surface area contributed by atoms with Crippen molar-refractivity contribution in [2.45, 2.75) is 25.3 Å². The van der Waals surface area contributed by atoms with Gasteiger partial charge in [-0.05, 0) is 30.6 Å². The van der Waals surface area contributed by atoms with Gasteiger partial charge in [0.15, 0.2) is 0 Å². The Labute approximate surface area is 132 Å². The molecule has 0 radical (unpaired) electrons. The second-order valence-corrected chi connectivity index (χ2v) is 4.54. The number of hydroxylamine groups is 2. The molecule has 0 saturated carbocycles. The van der Waals surface area contributed by atoms with Gasteiger partial charge in [0.05, 0.1) is 30.3 Å². The van der Waals surface area contributed by atoms with Crippen LogP contribution in [0.5, 0.6) is 0 Å². The third-order valence-corrected chi connectivity index (χ3v) is 2.78. The van der Waals surface area contributed by atoms with E-state index >= 15 is 0 Å². The van der Waals surface area contributed by atoms with E-state index < -0.39 is 5.54 Å². The fraction of sp³-hybridized carbons (Fsp3) is 0.455. The summed E-state index contributed by atoms with van der Waals surface area (Å²) in [5.74, 6) is 0. The van der Waals surface area contributed by atoms with Crippen LogP contribution in [0.2, 0.25) is 0 Å². The number of hydrogen-bond donors (Lipinski definition) is 1. The number of rotatable bonds is 7. The Kier molecular flexibility index (Phi) is 9.44. The molecule has 7 heteroatoms. The first-order valence-electron chi connectivity index (χ1n) is 5.25. The molecule has 0 saturated heterocycles. The molecule has 4 nitrogen and oxygen atoms in total. The fourth-order valence-corrected chi connectivity index (χ4v) is 1.69. The Morgan fingerprint density at radius 2 is 1.78 bits per heavy atom. The molecule has 0 amide bonds. The molecule has 0 fully saturated rings. The van der Waals surface area contributed by atoms with Crippen LogP contribution in [0.3, 0.4) is 0 Å². The molecule has 1 unspecified atom stereocenters. The Morgan fingerprint density at radius 1 is 1.22 bits per heavy atom. The number of benzene rings is 1. The number of nitrogens with zero attached hydrogens (tertiary/aromatic N) is 1. The predicted octanol–water partition coefficient (Wildman–Crippen LogP) is 2.81. The first-order chi connectivity index (χ1) is 8.07. The van der Waals surface area contributed by atoms with Crippen molar-refractivity contribution in [1.29, 1.82) is 0 Å². The summed E-state index contributed by atoms with van der Waals surface area (Å²) in [6.07, 6.45) is 1.63. The van der Waals surface area contributed by atoms with Gasteiger partial charge in [0.1, 0.15) is 0 Å². The SMILES string of the molecule is CC(N)(CCc1ccccc1)CN(OCl)OCl.[Pt]. The topological polar surface area (TPSA) is 47.7 Å². The Bertz CT molecular complexity index is 324. The van der Waals surface area contributed by atoms with Crippen LogP contribution in [0.4, 0.5) is 0 Å². The third kappa shape index (κ3) is 7.05. The molecular formula is C11H16Cl2N2O2Pt. The largest absolute Gasteiger partial charge is 0.324 e. The summed E-state index contributed by atoms with van der Waals surface area (Å²) in [6, 6.07) is 10.1. The number of halogens is 2. The molecule has 0 bridgehead atoms. The molecule has 1 aromatic rings. The quantitative estimate of drug-likeness (QED) is 0.618. The second-order valence-electron chi connectivity index (χ2n) is 4.27. The fourth-order valence-electron chi connectivity index (χ4n) is 1.51. The maximum absolute atomic E-state index is 6.10. The third-order valence-electron chi connectivity index (χ3n) is 2.47. The van der Waals surface area contributed by atoms with Crippen LogP contribution in [0.15, 0.2) is 30.3 Å². The van der Waals surface area contributed by atoms with Gasteiger partial charge in [0.25, 0.3) is 0 Å². The number of aryl methyl sites for hydroxylation is 1. The van der Waals surface area contributed by atoms with Gasteiger partial charge in [-0.1, -0.05) is 30.3 Å². The average molecular weight is 474 g/mol. The summed E-state index contributed by atoms with van der Waals surface area (Å²) in [7, 11) is 0. The zero-order valence-corrected chi connectivity index (χ0v) is 13.7. The van der Waals surface area contributed by atoms with E-state index in [1.54, 1.807) is 0 Å². The second kappa shape index (κ2) is 9.27. The summed E-state index contributed by atoms with van der Waals surface area (Å²) in [4.78, 5) is 0. The molecular weight excluding hydrogens is 458 g/mol. The van der Waals surface area contributed by atoms with Crippen molar-refractivity contribution in [3.63, 3.8) is 0 Å². The molecule has 1 aromatic carbocycles. The van der Waals surface area contributed by atoms with Gasteiger partial charge in [-0.15, -0.1) is 0 Å². The van der Waals surface area contributed by atoms with E-state index in [4.69, 9.17) is 29.5 Å². The molecule has 0 heterocycles. The molecule has 106 valence electrons. The van der Waals surface area contributed by atoms with Crippen LogP contribution < -0.4 is 5.73 Å². The van der Waals surface area contributed by atoms with Crippen molar-refractivity contribution in [2.75, 3.05) is 6.54 Å². The molecule has 1 rings (SSSR count). The van der Waals surface area contributed by atoms with Gasteiger partial charge in [-0.25, -0.2) is 0 Å². The van der Waals surface area contributed by atoms with Gasteiger partial charge in [0.2, 0.25) is 0 Å². The zero-order valence-electron chi connectivity index (χ0n) is 9.92. The van der Waals surface area contributed by atoms with Gasteiger partial charge < -0.3 is 5.73 Å². The minimum atomic E-state index is -0.514. The monoisotopic (exact) mass is 473 g/mol. The summed E-state index contributed by atoms with van der Waals surface area (Å²) < 4.78 is 8.72. The molecule has 2 N–H and O–H groups in total. The summed E-state index contributed by atoms with van der Waals surface area (Å²) in [6.45, 7) is 2.15. The molecule has 1 atom stereocenters. The molecule has 0 aliphatic rings. The van der Waals surface area contributed by atoms with Crippen LogP contribution in [0.25, 0.3) is 0 Å². The van der Waals surface area contributed by atoms with Crippen molar-refractivity contribution in [3.8, 4) is 0 Å². The van der Waals surface area contributed by atoms with Crippen LogP contribution in [-0.4, -0.2) is 17.3 Å². The van der Waals surface area contributed by atoms with Gasteiger partial charge in [-0.3, -0.25) is 0 Å². The van der Waals surface area contributed by atoms with E-state index in [9.17, 15) is 0 Å². The molecule has 0 aromatic heterocycles. The summed E-state index contributed by atoms with van der Waals surface area (Å²) in [5, 5.41) is 0.925. The van der Waals surface area contributed by atoms with Crippen molar-refractivity contribution < 1.29 is 29.8 Å². The number of nitrogens with two attached hydrogens (primary N) is 1. The molecule has 0 spiro atoms. The van der Waals surface area contributed by atoms with Crippen LogP contribution in [0.1, 0.15) is 18.9 Å². The van der Waals surface area contributed by atoms with E-state index in [-0.39, 0.29) is 27.6 Å². The predicted molar refractivity (Wildman–Crippen MR) is 67.9 cm³/mol. The van der Waals surface area contributed by atoms with Crippen molar-refractivity contribution >= 4 is 23.7 Å². The van der Waals surface area contributed by atoms with Crippen LogP contribution >= 0.6 is 23.7 Å². The maximum Gasteiger partial charge on any atom is 0.0868 e. The van der Waals surface area contributed by atoms with E-state index in [0.29, 0.717) is 0 Å². The van der Waals surface area contributed by atoms with Crippen LogP contribution in [-0.2, 0) is 36.3 Å². The van der Waals surface area contributed by atoms with Crippen molar-refractivity contribution in [2.24, 2.45) is 5.73 Å². The van der Waals surface area contributed by atoms with Crippen molar-refractivity contribution in [3.05, 3.63) is 35.9 Å². The normalized spacial score (nSPS) is 14.1. The average Bonchev–Trinajstić information content (AvgIpc) is 2.35. The van der Waals surface area contributed by atoms with Gasteiger partial charge >= 0.3 is 0 Å². The first-order valence-corrected chi connectivity index (χ1v) is 5.87. The summed E-state index contributed by atoms with van der Waals surface area (Å²) >= 11 is 10.3. The Balaban J connectivity index is 0.00000289. The Morgan fingerprint density at radius 3 is 2.28 bits per heavy atom. The first kappa shape index (κ1) is 18.3. The summed E-state index contributed by atoms with van der Waals surface area (Å²) in [5.41, 5.74) is 6.81. The maximum atomic E-state index is 6.10. The minimum absolute atomic E-state index is 0. The smallest absolute Gasteiger partial charge is 0.0868 e. The molecule has 18 heavy (non-hydrogen) atoms. The van der Waals surface area contributed by atoms with E-state index in [1.165, 1.54) is 5.56 Å². The standard InChI is InChI=1S/C11H16Cl2N2O2.Pt/c1-11(14,9-15(16-12)17-13)8-7-10-5-3-2-4-6-10;/h2-6H,7-9,14H2,1H3;. The van der Waals surface area contributed by atoms with Crippen LogP contribution in [0, 0.1) is 0 Å². The minimum Gasteiger partial charge on any atom is -0.324 e.